The highest BCUT2D eigenvalue weighted by Gasteiger charge is 2.07. The van der Waals surface area contributed by atoms with Crippen LogP contribution in [0.5, 0.6) is 0 Å². The predicted octanol–water partition coefficient (Wildman–Crippen LogP) is 3.95. The van der Waals surface area contributed by atoms with E-state index in [0.717, 1.165) is 16.5 Å². The van der Waals surface area contributed by atoms with Crippen LogP contribution >= 0.6 is 15.9 Å². The zero-order valence-corrected chi connectivity index (χ0v) is 11.2. The Morgan fingerprint density at radius 3 is 2.71 bits per heavy atom. The lowest BCUT2D eigenvalue weighted by atomic mass is 10.1. The van der Waals surface area contributed by atoms with Crippen LogP contribution in [-0.2, 0) is 4.79 Å². The van der Waals surface area contributed by atoms with Gasteiger partial charge in [0.25, 0.3) is 0 Å². The van der Waals surface area contributed by atoms with E-state index in [2.05, 4.69) is 21.2 Å². The summed E-state index contributed by atoms with van der Waals surface area (Å²) in [5.74, 6) is 0.0331. The van der Waals surface area contributed by atoms with Crippen molar-refractivity contribution in [2.24, 2.45) is 0 Å². The summed E-state index contributed by atoms with van der Waals surface area (Å²) in [6.07, 6.45) is 0.475. The van der Waals surface area contributed by atoms with Gasteiger partial charge >= 0.3 is 0 Å². The molecule has 0 saturated heterocycles. The predicted molar refractivity (Wildman–Crippen MR) is 75.6 cm³/mol. The van der Waals surface area contributed by atoms with E-state index in [-0.39, 0.29) is 10.7 Å². The van der Waals surface area contributed by atoms with E-state index < -0.39 is 0 Å². The second-order valence-corrected chi connectivity index (χ2v) is 5.62. The minimum absolute atomic E-state index is 0.0331. The molecule has 2 nitrogen and oxygen atoms in total. The van der Waals surface area contributed by atoms with Gasteiger partial charge in [-0.05, 0) is 11.5 Å². The minimum atomic E-state index is 0.0331. The lowest BCUT2D eigenvalue weighted by molar-refractivity contribution is -0.116. The number of hydrogen-bond acceptors (Lipinski definition) is 1. The Hall–Kier alpha value is -1.35. The number of rotatable bonds is 3. The van der Waals surface area contributed by atoms with Crippen LogP contribution in [-0.4, -0.2) is 10.7 Å². The number of hydrogen-bond donors (Lipinski definition) is 1. The summed E-state index contributed by atoms with van der Waals surface area (Å²) in [7, 11) is 0. The highest BCUT2D eigenvalue weighted by atomic mass is 79.9. The molecule has 0 aliphatic rings. The third-order valence-electron chi connectivity index (χ3n) is 2.53. The fraction of sp³-hybridized carbons (Fsp3) is 0.214. The molecule has 88 valence electrons. The van der Waals surface area contributed by atoms with Gasteiger partial charge in [-0.2, -0.15) is 0 Å². The van der Waals surface area contributed by atoms with Crippen LogP contribution in [0.1, 0.15) is 13.3 Å². The molecule has 1 N–H and O–H groups in total. The zero-order valence-electron chi connectivity index (χ0n) is 9.61. The number of fused-ring (bicyclic) bond motifs is 1. The molecule has 0 spiro atoms. The van der Waals surface area contributed by atoms with E-state index in [0.29, 0.717) is 6.42 Å². The minimum Gasteiger partial charge on any atom is -0.325 e. The molecular weight excluding hydrogens is 278 g/mol. The highest BCUT2D eigenvalue weighted by Crippen LogP contribution is 2.23. The molecule has 1 amide bonds. The third kappa shape index (κ3) is 3.07. The molecule has 0 aliphatic heterocycles. The molecule has 1 atom stereocenters. The Balaban J connectivity index is 2.27. The second-order valence-electron chi connectivity index (χ2n) is 4.06. The van der Waals surface area contributed by atoms with Crippen LogP contribution in [0.2, 0.25) is 0 Å². The first-order valence-electron chi connectivity index (χ1n) is 5.58. The Labute approximate surface area is 109 Å². The molecule has 1 unspecified atom stereocenters. The Kier molecular flexibility index (Phi) is 3.79. The number of carbonyl (C=O) groups is 1. The number of carbonyl (C=O) groups excluding carboxylic acids is 1. The number of nitrogens with one attached hydrogen (secondary N) is 1. The van der Waals surface area contributed by atoms with Crippen LogP contribution in [0.25, 0.3) is 10.8 Å². The Bertz CT molecular complexity index is 531. The summed E-state index contributed by atoms with van der Waals surface area (Å²) in [6, 6.07) is 14.0. The molecule has 17 heavy (non-hydrogen) atoms. The molecule has 2 aromatic rings. The van der Waals surface area contributed by atoms with Crippen molar-refractivity contribution < 1.29 is 4.79 Å². The molecule has 3 heteroatoms. The number of halogens is 1. The summed E-state index contributed by atoms with van der Waals surface area (Å²) < 4.78 is 0. The monoisotopic (exact) mass is 291 g/mol. The summed E-state index contributed by atoms with van der Waals surface area (Å²) >= 11 is 3.38. The van der Waals surface area contributed by atoms with Crippen molar-refractivity contribution in [3.05, 3.63) is 42.5 Å². The van der Waals surface area contributed by atoms with Crippen molar-refractivity contribution in [2.75, 3.05) is 5.32 Å². The van der Waals surface area contributed by atoms with Crippen LogP contribution in [0.4, 0.5) is 5.69 Å². The maximum atomic E-state index is 11.7. The van der Waals surface area contributed by atoms with Crippen molar-refractivity contribution >= 4 is 38.3 Å². The lowest BCUT2D eigenvalue weighted by Crippen LogP contribution is -2.14. The number of benzene rings is 2. The topological polar surface area (TPSA) is 29.1 Å². The van der Waals surface area contributed by atoms with Crippen molar-refractivity contribution in [3.63, 3.8) is 0 Å². The maximum Gasteiger partial charge on any atom is 0.225 e. The first-order valence-corrected chi connectivity index (χ1v) is 6.50. The molecule has 2 rings (SSSR count). The molecule has 0 bridgehead atoms. The van der Waals surface area contributed by atoms with Gasteiger partial charge in [0.05, 0.1) is 0 Å². The molecule has 0 aliphatic carbocycles. The first kappa shape index (κ1) is 12.1. The van der Waals surface area contributed by atoms with Gasteiger partial charge in [0.1, 0.15) is 0 Å². The second kappa shape index (κ2) is 5.32. The van der Waals surface area contributed by atoms with E-state index in [9.17, 15) is 4.79 Å². The molecule has 0 fully saturated rings. The van der Waals surface area contributed by atoms with Crippen LogP contribution in [0.3, 0.4) is 0 Å². The van der Waals surface area contributed by atoms with Crippen LogP contribution in [0, 0.1) is 0 Å². The van der Waals surface area contributed by atoms with Gasteiger partial charge in [-0.3, -0.25) is 4.79 Å². The van der Waals surface area contributed by atoms with E-state index in [4.69, 9.17) is 0 Å². The van der Waals surface area contributed by atoms with E-state index >= 15 is 0 Å². The molecule has 0 radical (unpaired) electrons. The largest absolute Gasteiger partial charge is 0.325 e. The van der Waals surface area contributed by atoms with Crippen LogP contribution in [0.15, 0.2) is 42.5 Å². The van der Waals surface area contributed by atoms with Gasteiger partial charge < -0.3 is 5.32 Å². The number of amides is 1. The van der Waals surface area contributed by atoms with Gasteiger partial charge in [0.15, 0.2) is 0 Å². The highest BCUT2D eigenvalue weighted by molar-refractivity contribution is 9.09. The Morgan fingerprint density at radius 2 is 1.94 bits per heavy atom. The fourth-order valence-electron chi connectivity index (χ4n) is 1.79. The first-order chi connectivity index (χ1) is 8.16. The number of anilines is 1. The van der Waals surface area contributed by atoms with Crippen molar-refractivity contribution in [1.29, 1.82) is 0 Å². The van der Waals surface area contributed by atoms with E-state index in [1.54, 1.807) is 0 Å². The van der Waals surface area contributed by atoms with Crippen LogP contribution < -0.4 is 5.32 Å². The quantitative estimate of drug-likeness (QED) is 0.853. The zero-order chi connectivity index (χ0) is 12.3. The van der Waals surface area contributed by atoms with E-state index in [1.165, 1.54) is 0 Å². The van der Waals surface area contributed by atoms with Crippen molar-refractivity contribution in [2.45, 2.75) is 18.2 Å². The molecule has 0 aromatic heterocycles. The number of alkyl halides is 1. The van der Waals surface area contributed by atoms with E-state index in [1.807, 2.05) is 49.4 Å². The molecule has 0 heterocycles. The fourth-order valence-corrected chi connectivity index (χ4v) is 2.09. The standard InChI is InChI=1S/C14H14BrNO/c1-10(15)9-14(17)16-13-8-4-6-11-5-2-3-7-12(11)13/h2-8,10H,9H2,1H3,(H,16,17). The smallest absolute Gasteiger partial charge is 0.225 e. The SMILES string of the molecule is CC(Br)CC(=O)Nc1cccc2ccccc12. The van der Waals surface area contributed by atoms with Gasteiger partial charge in [0.2, 0.25) is 5.91 Å². The summed E-state index contributed by atoms with van der Waals surface area (Å²) in [5, 5.41) is 5.16. The normalized spacial score (nSPS) is 12.4. The Morgan fingerprint density at radius 1 is 1.24 bits per heavy atom. The van der Waals surface area contributed by atoms with Crippen molar-refractivity contribution in [1.82, 2.24) is 0 Å². The van der Waals surface area contributed by atoms with Gasteiger partial charge in [0, 0.05) is 22.3 Å². The van der Waals surface area contributed by atoms with Gasteiger partial charge in [-0.1, -0.05) is 59.3 Å². The average Bonchev–Trinajstić information content (AvgIpc) is 2.28. The van der Waals surface area contributed by atoms with Crippen molar-refractivity contribution in [3.8, 4) is 0 Å². The molecular formula is C14H14BrNO. The third-order valence-corrected chi connectivity index (χ3v) is 2.85. The lowest BCUT2D eigenvalue weighted by Gasteiger charge is -2.09. The summed E-state index contributed by atoms with van der Waals surface area (Å²) in [6.45, 7) is 1.96. The summed E-state index contributed by atoms with van der Waals surface area (Å²) in [4.78, 5) is 11.9. The maximum absolute atomic E-state index is 11.7. The van der Waals surface area contributed by atoms with Gasteiger partial charge in [-0.25, -0.2) is 0 Å². The van der Waals surface area contributed by atoms with Gasteiger partial charge in [-0.15, -0.1) is 0 Å². The average molecular weight is 292 g/mol. The molecule has 0 saturated carbocycles. The summed E-state index contributed by atoms with van der Waals surface area (Å²) in [5.41, 5.74) is 0.876. The molecule has 2 aromatic carbocycles.